The number of pyridine rings is 1. The Morgan fingerprint density at radius 1 is 0.722 bits per heavy atom. The van der Waals surface area contributed by atoms with E-state index in [0.717, 1.165) is 11.3 Å². The minimum Gasteiger partial charge on any atom is -0.248 e. The molecule has 0 aliphatic heterocycles. The molecule has 0 radical (unpaired) electrons. The van der Waals surface area contributed by atoms with E-state index >= 15 is 0 Å². The predicted octanol–water partition coefficient (Wildman–Crippen LogP) is 4.53. The van der Waals surface area contributed by atoms with Crippen molar-refractivity contribution in [2.45, 2.75) is 27.7 Å². The van der Waals surface area contributed by atoms with Crippen LogP contribution in [-0.4, -0.2) is 4.98 Å². The van der Waals surface area contributed by atoms with E-state index in [1.807, 2.05) is 76.2 Å². The third-order valence-electron chi connectivity index (χ3n) is 1.77. The molecule has 18 heavy (non-hydrogen) atoms. The molecule has 0 saturated carbocycles. The smallest absolute Gasteiger partial charge is 0.113 e. The van der Waals surface area contributed by atoms with Crippen LogP contribution in [0.15, 0.2) is 54.7 Å². The summed E-state index contributed by atoms with van der Waals surface area (Å²) in [5.41, 5.74) is 1.81. The Morgan fingerprint density at radius 2 is 1.33 bits per heavy atom. The van der Waals surface area contributed by atoms with Gasteiger partial charge in [-0.15, -0.1) is 0 Å². The first kappa shape index (κ1) is 15.9. The number of hydrogen-bond acceptors (Lipinski definition) is 1. The van der Waals surface area contributed by atoms with Gasteiger partial charge in [0.2, 0.25) is 0 Å². The second-order valence-electron chi connectivity index (χ2n) is 2.83. The van der Waals surface area contributed by atoms with Crippen LogP contribution in [0.3, 0.4) is 0 Å². The van der Waals surface area contributed by atoms with Gasteiger partial charge in [-0.25, -0.2) is 4.98 Å². The lowest BCUT2D eigenvalue weighted by Crippen LogP contribution is -1.78. The van der Waals surface area contributed by atoms with Crippen LogP contribution in [-0.2, 0) is 0 Å². The van der Waals surface area contributed by atoms with Gasteiger partial charge in [-0.2, -0.15) is 0 Å². The van der Waals surface area contributed by atoms with Crippen LogP contribution in [0, 0.1) is 11.8 Å². The molecule has 2 aromatic rings. The molecule has 0 atom stereocenters. The van der Waals surface area contributed by atoms with E-state index in [4.69, 9.17) is 0 Å². The molecule has 0 spiro atoms. The molecular weight excluding hydrogens is 218 g/mol. The molecular formula is C17H21N. The molecule has 0 amide bonds. The van der Waals surface area contributed by atoms with Gasteiger partial charge >= 0.3 is 0 Å². The topological polar surface area (TPSA) is 12.9 Å². The van der Waals surface area contributed by atoms with Crippen molar-refractivity contribution >= 4 is 0 Å². The summed E-state index contributed by atoms with van der Waals surface area (Å²) in [7, 11) is 0. The molecule has 0 fully saturated rings. The highest BCUT2D eigenvalue weighted by Gasteiger charge is 1.84. The summed E-state index contributed by atoms with van der Waals surface area (Å²) in [4.78, 5) is 4.12. The maximum atomic E-state index is 4.12. The van der Waals surface area contributed by atoms with Gasteiger partial charge in [0.05, 0.1) is 0 Å². The molecule has 94 valence electrons. The van der Waals surface area contributed by atoms with Crippen molar-refractivity contribution in [3.05, 3.63) is 66.0 Å². The van der Waals surface area contributed by atoms with Crippen LogP contribution >= 0.6 is 0 Å². The Labute approximate surface area is 111 Å². The van der Waals surface area contributed by atoms with Crippen LogP contribution < -0.4 is 0 Å². The van der Waals surface area contributed by atoms with Crippen molar-refractivity contribution in [1.29, 1.82) is 0 Å². The van der Waals surface area contributed by atoms with Gasteiger partial charge < -0.3 is 0 Å². The summed E-state index contributed by atoms with van der Waals surface area (Å²) in [5.74, 6) is 6.05. The minimum atomic E-state index is 0.802. The molecule has 0 saturated heterocycles. The first-order valence-electron chi connectivity index (χ1n) is 6.43. The second kappa shape index (κ2) is 11.4. The van der Waals surface area contributed by atoms with E-state index in [2.05, 4.69) is 16.8 Å². The fourth-order valence-corrected chi connectivity index (χ4v) is 1.09. The predicted molar refractivity (Wildman–Crippen MR) is 79.4 cm³/mol. The zero-order valence-corrected chi connectivity index (χ0v) is 11.6. The number of aromatic nitrogens is 1. The largest absolute Gasteiger partial charge is 0.248 e. The average molecular weight is 239 g/mol. The molecule has 1 heterocycles. The molecule has 0 aliphatic rings. The van der Waals surface area contributed by atoms with E-state index in [0.29, 0.717) is 0 Å². The Balaban J connectivity index is 0.000000659. The number of rotatable bonds is 0. The van der Waals surface area contributed by atoms with Crippen molar-refractivity contribution in [2.75, 3.05) is 0 Å². The molecule has 1 heteroatoms. The normalized spacial score (nSPS) is 7.56. The van der Waals surface area contributed by atoms with Crippen molar-refractivity contribution in [3.8, 4) is 11.8 Å². The highest BCUT2D eigenvalue weighted by atomic mass is 14.6. The fraction of sp³-hybridized carbons (Fsp3) is 0.235. The quantitative estimate of drug-likeness (QED) is 0.615. The highest BCUT2D eigenvalue weighted by Crippen LogP contribution is 1.96. The van der Waals surface area contributed by atoms with Crippen molar-refractivity contribution in [2.24, 2.45) is 0 Å². The van der Waals surface area contributed by atoms with Gasteiger partial charge in [-0.05, 0) is 30.2 Å². The summed E-state index contributed by atoms with van der Waals surface area (Å²) < 4.78 is 0. The molecule has 1 aromatic carbocycles. The molecule has 0 bridgehead atoms. The van der Waals surface area contributed by atoms with E-state index in [1.165, 1.54) is 0 Å². The van der Waals surface area contributed by atoms with Crippen LogP contribution in [0.25, 0.3) is 0 Å². The summed E-state index contributed by atoms with van der Waals surface area (Å²) in [6, 6.07) is 15.6. The van der Waals surface area contributed by atoms with Crippen molar-refractivity contribution in [3.63, 3.8) is 0 Å². The Morgan fingerprint density at radius 3 is 1.89 bits per heavy atom. The third kappa shape index (κ3) is 6.50. The molecule has 2 rings (SSSR count). The monoisotopic (exact) mass is 239 g/mol. The molecule has 0 N–H and O–H groups in total. The zero-order valence-electron chi connectivity index (χ0n) is 11.6. The lowest BCUT2D eigenvalue weighted by atomic mass is 10.2. The molecule has 1 nitrogen and oxygen atoms in total. The van der Waals surface area contributed by atoms with Crippen LogP contribution in [0.2, 0.25) is 0 Å². The molecule has 0 unspecified atom stereocenters. The van der Waals surface area contributed by atoms with Crippen molar-refractivity contribution in [1.82, 2.24) is 4.98 Å². The molecule has 0 aliphatic carbocycles. The average Bonchev–Trinajstić information content (AvgIpc) is 2.51. The van der Waals surface area contributed by atoms with Gasteiger partial charge in [-0.1, -0.05) is 57.9 Å². The van der Waals surface area contributed by atoms with E-state index in [1.54, 1.807) is 6.20 Å². The number of benzene rings is 1. The van der Waals surface area contributed by atoms with Crippen LogP contribution in [0.5, 0.6) is 0 Å². The number of hydrogen-bond donors (Lipinski definition) is 0. The van der Waals surface area contributed by atoms with Gasteiger partial charge in [0.15, 0.2) is 0 Å². The first-order valence-corrected chi connectivity index (χ1v) is 6.43. The van der Waals surface area contributed by atoms with Gasteiger partial charge in [0, 0.05) is 11.8 Å². The lowest BCUT2D eigenvalue weighted by molar-refractivity contribution is 1.29. The summed E-state index contributed by atoms with van der Waals surface area (Å²) in [6.07, 6.45) is 1.75. The maximum absolute atomic E-state index is 4.12. The SMILES string of the molecule is C(#Cc1ccccn1)c1ccccc1.CC.CC. The van der Waals surface area contributed by atoms with Gasteiger partial charge in [0.25, 0.3) is 0 Å². The van der Waals surface area contributed by atoms with Gasteiger partial charge in [0.1, 0.15) is 5.69 Å². The summed E-state index contributed by atoms with van der Waals surface area (Å²) >= 11 is 0. The summed E-state index contributed by atoms with van der Waals surface area (Å²) in [5, 5.41) is 0. The maximum Gasteiger partial charge on any atom is 0.113 e. The first-order chi connectivity index (χ1) is 8.95. The van der Waals surface area contributed by atoms with Crippen molar-refractivity contribution < 1.29 is 0 Å². The zero-order chi connectivity index (χ0) is 13.6. The van der Waals surface area contributed by atoms with E-state index in [-0.39, 0.29) is 0 Å². The van der Waals surface area contributed by atoms with Gasteiger partial charge in [-0.3, -0.25) is 0 Å². The Kier molecular flexibility index (Phi) is 10.1. The Hall–Kier alpha value is -2.07. The fourth-order valence-electron chi connectivity index (χ4n) is 1.09. The van der Waals surface area contributed by atoms with E-state index in [9.17, 15) is 0 Å². The Bertz CT molecular complexity index is 406. The van der Waals surface area contributed by atoms with E-state index < -0.39 is 0 Å². The standard InChI is InChI=1S/C13H9N.2C2H6/c1-2-6-12(7-3-1)9-10-13-8-4-5-11-14-13;2*1-2/h1-8,11H;2*1-2H3. The highest BCUT2D eigenvalue weighted by molar-refractivity contribution is 5.39. The lowest BCUT2D eigenvalue weighted by Gasteiger charge is -1.87. The molecule has 1 aromatic heterocycles. The third-order valence-corrected chi connectivity index (χ3v) is 1.77. The summed E-state index contributed by atoms with van der Waals surface area (Å²) in [6.45, 7) is 8.00. The second-order valence-corrected chi connectivity index (χ2v) is 2.83. The number of nitrogens with zero attached hydrogens (tertiary/aromatic N) is 1. The minimum absolute atomic E-state index is 0.802. The van der Waals surface area contributed by atoms with Crippen LogP contribution in [0.4, 0.5) is 0 Å². The van der Waals surface area contributed by atoms with Crippen LogP contribution in [0.1, 0.15) is 39.0 Å².